The molecule has 2 bridgehead atoms. The zero-order valence-corrected chi connectivity index (χ0v) is 18.9. The average Bonchev–Trinajstić information content (AvgIpc) is 3.30. The number of benzene rings is 1. The highest BCUT2D eigenvalue weighted by Crippen LogP contribution is 2.76. The van der Waals surface area contributed by atoms with Crippen molar-refractivity contribution in [1.82, 2.24) is 4.90 Å². The van der Waals surface area contributed by atoms with Crippen molar-refractivity contribution in [2.45, 2.75) is 69.1 Å². The van der Waals surface area contributed by atoms with Gasteiger partial charge in [0, 0.05) is 43.0 Å². The van der Waals surface area contributed by atoms with Gasteiger partial charge in [0.2, 0.25) is 5.91 Å². The Labute approximate surface area is 188 Å². The molecule has 0 N–H and O–H groups in total. The van der Waals surface area contributed by atoms with Crippen LogP contribution >= 0.6 is 0 Å². The topological polar surface area (TPSA) is 76.2 Å². The number of methoxy groups -OCH3 is 1. The quantitative estimate of drug-likeness (QED) is 0.660. The molecule has 7 nitrogen and oxygen atoms in total. The summed E-state index contributed by atoms with van der Waals surface area (Å²) in [6.45, 7) is 4.89. The van der Waals surface area contributed by atoms with Gasteiger partial charge in [0.25, 0.3) is 0 Å². The summed E-state index contributed by atoms with van der Waals surface area (Å²) in [5.41, 5.74) is 0.770. The van der Waals surface area contributed by atoms with E-state index in [1.807, 2.05) is 23.1 Å². The lowest BCUT2D eigenvalue weighted by molar-refractivity contribution is -0.211. The Morgan fingerprint density at radius 2 is 1.84 bits per heavy atom. The maximum atomic E-state index is 13.4. The fourth-order valence-corrected chi connectivity index (χ4v) is 9.01. The van der Waals surface area contributed by atoms with Gasteiger partial charge < -0.3 is 14.4 Å². The van der Waals surface area contributed by atoms with Gasteiger partial charge in [0.1, 0.15) is 6.10 Å². The first-order valence-corrected chi connectivity index (χ1v) is 11.7. The predicted molar refractivity (Wildman–Crippen MR) is 116 cm³/mol. The third-order valence-corrected chi connectivity index (χ3v) is 9.53. The second-order valence-corrected chi connectivity index (χ2v) is 10.4. The number of amides is 1. The number of ether oxygens (including phenoxy) is 2. The second-order valence-electron chi connectivity index (χ2n) is 10.4. The van der Waals surface area contributed by atoms with Gasteiger partial charge in [-0.05, 0) is 50.3 Å². The lowest BCUT2D eigenvalue weighted by Gasteiger charge is -2.71. The lowest BCUT2D eigenvalue weighted by Crippen LogP contribution is -2.81. The van der Waals surface area contributed by atoms with Gasteiger partial charge in [0.15, 0.2) is 0 Å². The second kappa shape index (κ2) is 6.34. The first-order valence-electron chi connectivity index (χ1n) is 11.7. The number of esters is 2. The highest BCUT2D eigenvalue weighted by atomic mass is 16.5. The van der Waals surface area contributed by atoms with Crippen LogP contribution < -0.4 is 4.90 Å². The van der Waals surface area contributed by atoms with E-state index in [2.05, 4.69) is 11.0 Å². The van der Waals surface area contributed by atoms with E-state index in [-0.39, 0.29) is 40.8 Å². The molecule has 3 spiro atoms. The van der Waals surface area contributed by atoms with Gasteiger partial charge in [-0.2, -0.15) is 0 Å². The number of para-hydroxylation sites is 1. The smallest absolute Gasteiger partial charge is 0.311 e. The van der Waals surface area contributed by atoms with Crippen molar-refractivity contribution in [2.24, 2.45) is 11.3 Å². The summed E-state index contributed by atoms with van der Waals surface area (Å²) in [4.78, 5) is 43.2. The van der Waals surface area contributed by atoms with Gasteiger partial charge >= 0.3 is 11.9 Å². The summed E-state index contributed by atoms with van der Waals surface area (Å²) in [5.74, 6) is -1.00. The van der Waals surface area contributed by atoms with E-state index in [1.165, 1.54) is 19.6 Å². The number of carbonyl (C=O) groups is 3. The van der Waals surface area contributed by atoms with Crippen molar-refractivity contribution in [2.75, 3.05) is 25.1 Å². The number of nitrogens with zero attached hydrogens (tertiary/aromatic N) is 2. The molecule has 2 saturated heterocycles. The van der Waals surface area contributed by atoms with Gasteiger partial charge in [0.05, 0.1) is 18.6 Å². The number of anilines is 1. The summed E-state index contributed by atoms with van der Waals surface area (Å²) in [5, 5.41) is 0. The molecule has 6 aliphatic rings. The Balaban J connectivity index is 1.66. The van der Waals surface area contributed by atoms with Gasteiger partial charge in [-0.1, -0.05) is 18.2 Å². The molecule has 7 heteroatoms. The van der Waals surface area contributed by atoms with Crippen LogP contribution in [0.2, 0.25) is 0 Å². The first kappa shape index (κ1) is 20.2. The molecule has 0 aromatic heterocycles. The van der Waals surface area contributed by atoms with Crippen molar-refractivity contribution < 1.29 is 23.9 Å². The fraction of sp³-hybridized carbons (Fsp3) is 0.640. The standard InChI is InChI=1S/C25H30N2O5/c1-15(28)27-19-7-5-4-6-17(19)24-11-13-26-12-8-20(32-16(2)29)23(22(24)26)9-10-25(24,27)18(14-23)21(30)31-3/h4-7,18,20,22H,8-14H2,1-3H3. The van der Waals surface area contributed by atoms with Gasteiger partial charge in [-0.3, -0.25) is 19.3 Å². The number of piperidine rings is 1. The highest BCUT2D eigenvalue weighted by Gasteiger charge is 2.83. The molecule has 6 unspecified atom stereocenters. The number of hydrogen-bond donors (Lipinski definition) is 0. The molecule has 3 aliphatic heterocycles. The van der Waals surface area contributed by atoms with Gasteiger partial charge in [-0.15, -0.1) is 0 Å². The van der Waals surface area contributed by atoms with Crippen LogP contribution in [0.1, 0.15) is 51.5 Å². The minimum Gasteiger partial charge on any atom is -0.469 e. The van der Waals surface area contributed by atoms with Crippen LogP contribution in [-0.2, 0) is 29.3 Å². The van der Waals surface area contributed by atoms with Crippen molar-refractivity contribution >= 4 is 23.5 Å². The van der Waals surface area contributed by atoms with Crippen LogP contribution in [0.3, 0.4) is 0 Å². The van der Waals surface area contributed by atoms with Crippen LogP contribution in [0.25, 0.3) is 0 Å². The number of carbonyl (C=O) groups excluding carboxylic acids is 3. The van der Waals surface area contributed by atoms with Crippen LogP contribution in [0, 0.1) is 11.3 Å². The minimum atomic E-state index is -0.644. The van der Waals surface area contributed by atoms with Crippen LogP contribution in [0.4, 0.5) is 5.69 Å². The van der Waals surface area contributed by atoms with E-state index in [4.69, 9.17) is 9.47 Å². The van der Waals surface area contributed by atoms with E-state index in [0.717, 1.165) is 38.0 Å². The lowest BCUT2D eigenvalue weighted by atomic mass is 9.38. The molecule has 3 saturated carbocycles. The SMILES string of the molecule is COC(=O)C1CC23CCC14N(C(C)=O)c1ccccc1C41CCN(CCC2OC(C)=O)C31. The maximum Gasteiger partial charge on any atom is 0.311 e. The van der Waals surface area contributed by atoms with E-state index in [0.29, 0.717) is 12.8 Å². The summed E-state index contributed by atoms with van der Waals surface area (Å²) >= 11 is 0. The molecule has 32 heavy (non-hydrogen) atoms. The summed E-state index contributed by atoms with van der Waals surface area (Å²) in [6.07, 6.45) is 3.58. The molecule has 170 valence electrons. The molecule has 1 aromatic carbocycles. The van der Waals surface area contributed by atoms with Crippen LogP contribution in [0.5, 0.6) is 0 Å². The molecule has 6 atom stereocenters. The van der Waals surface area contributed by atoms with Crippen molar-refractivity contribution in [3.05, 3.63) is 29.8 Å². The minimum absolute atomic E-state index is 0.0246. The molecule has 1 aromatic rings. The normalized spacial score (nSPS) is 41.0. The Bertz CT molecular complexity index is 1040. The van der Waals surface area contributed by atoms with Crippen molar-refractivity contribution in [1.29, 1.82) is 0 Å². The van der Waals surface area contributed by atoms with Crippen LogP contribution in [-0.4, -0.2) is 60.6 Å². The molecule has 5 fully saturated rings. The fourth-order valence-electron chi connectivity index (χ4n) is 9.01. The molecular formula is C25H30N2O5. The molecule has 3 aliphatic carbocycles. The third-order valence-electron chi connectivity index (χ3n) is 9.53. The molecular weight excluding hydrogens is 408 g/mol. The monoisotopic (exact) mass is 438 g/mol. The third kappa shape index (κ3) is 2.01. The Morgan fingerprint density at radius 1 is 1.06 bits per heavy atom. The Morgan fingerprint density at radius 3 is 2.56 bits per heavy atom. The summed E-state index contributed by atoms with van der Waals surface area (Å²) in [7, 11) is 1.44. The average molecular weight is 439 g/mol. The molecule has 7 rings (SSSR count). The molecule has 3 heterocycles. The maximum absolute atomic E-state index is 13.4. The van der Waals surface area contributed by atoms with E-state index in [1.54, 1.807) is 6.92 Å². The van der Waals surface area contributed by atoms with Crippen molar-refractivity contribution in [3.63, 3.8) is 0 Å². The van der Waals surface area contributed by atoms with Crippen LogP contribution in [0.15, 0.2) is 24.3 Å². The predicted octanol–water partition coefficient (Wildman–Crippen LogP) is 2.41. The van der Waals surface area contributed by atoms with E-state index >= 15 is 0 Å². The van der Waals surface area contributed by atoms with Crippen molar-refractivity contribution in [3.8, 4) is 0 Å². The van der Waals surface area contributed by atoms with E-state index in [9.17, 15) is 14.4 Å². The Hall–Kier alpha value is -2.41. The molecule has 1 amide bonds. The number of rotatable bonds is 2. The summed E-state index contributed by atoms with van der Waals surface area (Å²) < 4.78 is 11.3. The van der Waals surface area contributed by atoms with Gasteiger partial charge in [-0.25, -0.2) is 0 Å². The largest absolute Gasteiger partial charge is 0.469 e. The summed E-state index contributed by atoms with van der Waals surface area (Å²) in [6, 6.07) is 8.34. The zero-order chi connectivity index (χ0) is 22.5. The molecule has 0 radical (unpaired) electrons. The number of hydrogen-bond acceptors (Lipinski definition) is 6. The first-order chi connectivity index (χ1) is 15.3. The Kier molecular flexibility index (Phi) is 4.00. The van der Waals surface area contributed by atoms with E-state index < -0.39 is 11.5 Å². The zero-order valence-electron chi connectivity index (χ0n) is 18.9. The highest BCUT2D eigenvalue weighted by molar-refractivity contribution is 5.99. The number of fused-ring (bicyclic) bond motifs is 3.